The Labute approximate surface area is 174 Å². The van der Waals surface area contributed by atoms with Crippen LogP contribution >= 0.6 is 0 Å². The van der Waals surface area contributed by atoms with E-state index in [1.807, 2.05) is 0 Å². The Balaban J connectivity index is 2.07. The van der Waals surface area contributed by atoms with E-state index in [2.05, 4.69) is 0 Å². The van der Waals surface area contributed by atoms with Crippen molar-refractivity contribution in [3.8, 4) is 23.0 Å². The molecule has 7 nitrogen and oxygen atoms in total. The predicted octanol–water partition coefficient (Wildman–Crippen LogP) is 4.07. The van der Waals surface area contributed by atoms with Crippen LogP contribution in [0.1, 0.15) is 18.1 Å². The highest BCUT2D eigenvalue weighted by molar-refractivity contribution is 6.02. The first-order valence-corrected chi connectivity index (χ1v) is 8.86. The lowest BCUT2D eigenvalue weighted by Gasteiger charge is -2.08. The SMILES string of the molecule is COc1cc(/C=C/C(=O)/C=C(O)/C=C/c2ccc(OC(C)=O)c(OC)c2)ccc1O. The van der Waals surface area contributed by atoms with Crippen LogP contribution in [0.5, 0.6) is 23.0 Å². The van der Waals surface area contributed by atoms with Gasteiger partial charge in [-0.25, -0.2) is 0 Å². The summed E-state index contributed by atoms with van der Waals surface area (Å²) in [7, 11) is 2.88. The fourth-order valence-electron chi connectivity index (χ4n) is 2.43. The molecule has 0 aromatic heterocycles. The highest BCUT2D eigenvalue weighted by Crippen LogP contribution is 2.29. The number of allylic oxidation sites excluding steroid dienone is 3. The lowest BCUT2D eigenvalue weighted by molar-refractivity contribution is -0.132. The summed E-state index contributed by atoms with van der Waals surface area (Å²) in [6, 6.07) is 9.53. The minimum absolute atomic E-state index is 0.00109. The summed E-state index contributed by atoms with van der Waals surface area (Å²) < 4.78 is 15.2. The van der Waals surface area contributed by atoms with Crippen LogP contribution in [0.2, 0.25) is 0 Å². The zero-order valence-corrected chi connectivity index (χ0v) is 16.8. The Morgan fingerprint density at radius 2 is 1.47 bits per heavy atom. The molecule has 0 amide bonds. The van der Waals surface area contributed by atoms with Gasteiger partial charge in [-0.3, -0.25) is 9.59 Å². The number of carbonyl (C=O) groups is 2. The molecule has 0 atom stereocenters. The third-order valence-electron chi connectivity index (χ3n) is 3.82. The summed E-state index contributed by atoms with van der Waals surface area (Å²) in [5.74, 6) is -0.188. The lowest BCUT2D eigenvalue weighted by atomic mass is 10.1. The van der Waals surface area contributed by atoms with Crippen molar-refractivity contribution in [2.75, 3.05) is 14.2 Å². The van der Waals surface area contributed by atoms with E-state index in [0.29, 0.717) is 22.6 Å². The number of hydrogen-bond acceptors (Lipinski definition) is 7. The average Bonchev–Trinajstić information content (AvgIpc) is 2.72. The van der Waals surface area contributed by atoms with Gasteiger partial charge < -0.3 is 24.4 Å². The normalized spacial score (nSPS) is 11.6. The van der Waals surface area contributed by atoms with Crippen molar-refractivity contribution in [2.24, 2.45) is 0 Å². The fraction of sp³-hybridized carbons (Fsp3) is 0.130. The maximum atomic E-state index is 12.0. The van der Waals surface area contributed by atoms with Gasteiger partial charge in [-0.05, 0) is 47.5 Å². The van der Waals surface area contributed by atoms with Crippen molar-refractivity contribution in [3.05, 3.63) is 71.5 Å². The zero-order valence-electron chi connectivity index (χ0n) is 16.8. The van der Waals surface area contributed by atoms with Crippen LogP contribution in [0.4, 0.5) is 0 Å². The van der Waals surface area contributed by atoms with Gasteiger partial charge in [0.25, 0.3) is 0 Å². The topological polar surface area (TPSA) is 102 Å². The molecule has 0 aliphatic rings. The van der Waals surface area contributed by atoms with Crippen molar-refractivity contribution in [1.82, 2.24) is 0 Å². The van der Waals surface area contributed by atoms with Crippen molar-refractivity contribution in [2.45, 2.75) is 6.92 Å². The molecular weight excluding hydrogens is 388 g/mol. The number of aliphatic hydroxyl groups excluding tert-OH is 1. The van der Waals surface area contributed by atoms with E-state index < -0.39 is 11.8 Å². The molecule has 156 valence electrons. The number of hydrogen-bond donors (Lipinski definition) is 2. The third-order valence-corrected chi connectivity index (χ3v) is 3.82. The van der Waals surface area contributed by atoms with Gasteiger partial charge >= 0.3 is 5.97 Å². The standard InChI is InChI=1S/C23H22O7/c1-15(24)30-21-11-7-17(13-23(21)29-3)5-9-19(26)14-18(25)8-4-16-6-10-20(27)22(12-16)28-2/h4-14,26-27H,1-3H3/b8-4+,9-5+,19-14-. The first kappa shape index (κ1) is 22.3. The molecule has 0 spiro atoms. The number of phenols is 1. The molecule has 0 saturated carbocycles. The number of methoxy groups -OCH3 is 2. The first-order chi connectivity index (χ1) is 14.3. The summed E-state index contributed by atoms with van der Waals surface area (Å²) in [5.41, 5.74) is 1.32. The average molecular weight is 410 g/mol. The quantitative estimate of drug-likeness (QED) is 0.222. The molecule has 0 aliphatic carbocycles. The van der Waals surface area contributed by atoms with Crippen LogP contribution in [0.15, 0.2) is 60.4 Å². The van der Waals surface area contributed by atoms with Gasteiger partial charge in [-0.1, -0.05) is 24.3 Å². The van der Waals surface area contributed by atoms with Crippen molar-refractivity contribution >= 4 is 23.9 Å². The van der Waals surface area contributed by atoms with Crippen LogP contribution in [0, 0.1) is 0 Å². The van der Waals surface area contributed by atoms with Crippen molar-refractivity contribution in [1.29, 1.82) is 0 Å². The monoisotopic (exact) mass is 410 g/mol. The number of carbonyl (C=O) groups excluding carboxylic acids is 2. The molecule has 0 saturated heterocycles. The molecule has 7 heteroatoms. The summed E-state index contributed by atoms with van der Waals surface area (Å²) in [6.07, 6.45) is 6.82. The third kappa shape index (κ3) is 6.56. The molecule has 2 aromatic carbocycles. The van der Waals surface area contributed by atoms with E-state index in [-0.39, 0.29) is 17.3 Å². The fourth-order valence-corrected chi connectivity index (χ4v) is 2.43. The van der Waals surface area contributed by atoms with Gasteiger partial charge in [0, 0.05) is 13.0 Å². The van der Waals surface area contributed by atoms with E-state index in [0.717, 1.165) is 6.08 Å². The molecular formula is C23H22O7. The zero-order chi connectivity index (χ0) is 22.1. The number of aromatic hydroxyl groups is 1. The van der Waals surface area contributed by atoms with Crippen LogP contribution in [-0.2, 0) is 9.59 Å². The van der Waals surface area contributed by atoms with Crippen LogP contribution < -0.4 is 14.2 Å². The van der Waals surface area contributed by atoms with E-state index in [1.54, 1.807) is 36.4 Å². The van der Waals surface area contributed by atoms with E-state index in [9.17, 15) is 19.8 Å². The maximum absolute atomic E-state index is 12.0. The summed E-state index contributed by atoms with van der Waals surface area (Å²) in [4.78, 5) is 23.1. The van der Waals surface area contributed by atoms with E-state index in [4.69, 9.17) is 14.2 Å². The molecule has 0 radical (unpaired) electrons. The minimum Gasteiger partial charge on any atom is -0.508 e. The summed E-state index contributed by atoms with van der Waals surface area (Å²) in [6.45, 7) is 1.29. The number of phenolic OH excluding ortho intramolecular Hbond substituents is 1. The number of rotatable bonds is 8. The number of benzene rings is 2. The number of esters is 1. The van der Waals surface area contributed by atoms with Gasteiger partial charge in [0.1, 0.15) is 5.76 Å². The molecule has 30 heavy (non-hydrogen) atoms. The highest BCUT2D eigenvalue weighted by atomic mass is 16.6. The molecule has 0 unspecified atom stereocenters. The van der Waals surface area contributed by atoms with Crippen LogP contribution in [-0.4, -0.2) is 36.2 Å². The Morgan fingerprint density at radius 3 is 2.10 bits per heavy atom. The second-order valence-corrected chi connectivity index (χ2v) is 6.07. The van der Waals surface area contributed by atoms with E-state index in [1.165, 1.54) is 45.4 Å². The second-order valence-electron chi connectivity index (χ2n) is 6.07. The molecule has 0 bridgehead atoms. The largest absolute Gasteiger partial charge is 0.508 e. The second kappa shape index (κ2) is 10.5. The molecule has 0 heterocycles. The maximum Gasteiger partial charge on any atom is 0.308 e. The van der Waals surface area contributed by atoms with Crippen molar-refractivity contribution in [3.63, 3.8) is 0 Å². The van der Waals surface area contributed by atoms with Gasteiger partial charge in [-0.2, -0.15) is 0 Å². The molecule has 2 N–H and O–H groups in total. The van der Waals surface area contributed by atoms with Gasteiger partial charge in [0.15, 0.2) is 28.8 Å². The van der Waals surface area contributed by atoms with Gasteiger partial charge in [0.2, 0.25) is 0 Å². The highest BCUT2D eigenvalue weighted by Gasteiger charge is 2.07. The van der Waals surface area contributed by atoms with Crippen LogP contribution in [0.3, 0.4) is 0 Å². The summed E-state index contributed by atoms with van der Waals surface area (Å²) in [5, 5.41) is 19.5. The van der Waals surface area contributed by atoms with Crippen LogP contribution in [0.25, 0.3) is 12.2 Å². The Bertz CT molecular complexity index is 1020. The predicted molar refractivity (Wildman–Crippen MR) is 113 cm³/mol. The van der Waals surface area contributed by atoms with Crippen molar-refractivity contribution < 1.29 is 34.0 Å². The number of aliphatic hydroxyl groups is 1. The van der Waals surface area contributed by atoms with E-state index >= 15 is 0 Å². The molecule has 0 aliphatic heterocycles. The Hall–Kier alpha value is -4.00. The first-order valence-electron chi connectivity index (χ1n) is 8.86. The number of ketones is 1. The molecule has 0 fully saturated rings. The molecule has 2 aromatic rings. The van der Waals surface area contributed by atoms with Gasteiger partial charge in [0.05, 0.1) is 14.2 Å². The number of ether oxygens (including phenoxy) is 3. The minimum atomic E-state index is -0.463. The lowest BCUT2D eigenvalue weighted by Crippen LogP contribution is -2.03. The Morgan fingerprint density at radius 1 is 0.867 bits per heavy atom. The smallest absolute Gasteiger partial charge is 0.308 e. The Kier molecular flexibility index (Phi) is 7.82. The molecule has 2 rings (SSSR count). The van der Waals surface area contributed by atoms with Gasteiger partial charge in [-0.15, -0.1) is 0 Å². The summed E-state index contributed by atoms with van der Waals surface area (Å²) >= 11 is 0.